The lowest BCUT2D eigenvalue weighted by atomic mass is 9.79. The molecule has 26 heavy (non-hydrogen) atoms. The largest absolute Gasteiger partial charge is 0.347 e. The summed E-state index contributed by atoms with van der Waals surface area (Å²) in [4.78, 5) is 24.3. The van der Waals surface area contributed by atoms with Crippen molar-refractivity contribution in [3.8, 4) is 0 Å². The van der Waals surface area contributed by atoms with Crippen LogP contribution in [0.4, 0.5) is 4.39 Å². The monoisotopic (exact) mass is 351 g/mol. The Morgan fingerprint density at radius 1 is 1.27 bits per heavy atom. The Kier molecular flexibility index (Phi) is 4.72. The minimum atomic E-state index is -0.399. The van der Waals surface area contributed by atoms with Crippen LogP contribution in [0.25, 0.3) is 0 Å². The molecule has 3 rings (SSSR count). The fourth-order valence-electron chi connectivity index (χ4n) is 3.41. The predicted octanol–water partition coefficient (Wildman–Crippen LogP) is 4.31. The number of guanidine groups is 1. The average molecular weight is 351 g/mol. The zero-order valence-corrected chi connectivity index (χ0v) is 15.5. The summed E-state index contributed by atoms with van der Waals surface area (Å²) in [7, 11) is 3.72. The van der Waals surface area contributed by atoms with Crippen LogP contribution in [0.3, 0.4) is 0 Å². The Morgan fingerprint density at radius 2 is 1.92 bits per heavy atom. The summed E-state index contributed by atoms with van der Waals surface area (Å²) in [6.45, 7) is 7.11. The van der Waals surface area contributed by atoms with E-state index in [0.717, 1.165) is 11.1 Å². The van der Waals surface area contributed by atoms with Gasteiger partial charge in [-0.25, -0.2) is 14.4 Å². The number of hydrogen-bond donors (Lipinski definition) is 0. The maximum absolute atomic E-state index is 13.4. The van der Waals surface area contributed by atoms with E-state index in [1.807, 2.05) is 57.1 Å². The van der Waals surface area contributed by atoms with Gasteiger partial charge in [0.1, 0.15) is 11.4 Å². The summed E-state index contributed by atoms with van der Waals surface area (Å²) in [5, 5.41) is 0. The molecule has 1 atom stereocenters. The number of carbonyl (C=O) groups excluding carboxylic acids is 1. The van der Waals surface area contributed by atoms with E-state index in [4.69, 9.17) is 0 Å². The number of aliphatic imine (C=N–C) groups is 2. The van der Waals surface area contributed by atoms with Gasteiger partial charge in [0, 0.05) is 31.6 Å². The number of Topliss-reactive ketones (excluding diaryl/α,β-unsaturated/α-hetero) is 1. The average Bonchev–Trinajstić information content (AvgIpc) is 3.03. The second kappa shape index (κ2) is 6.83. The van der Waals surface area contributed by atoms with Crippen LogP contribution in [-0.2, 0) is 0 Å². The molecule has 1 heterocycles. The van der Waals surface area contributed by atoms with E-state index >= 15 is 0 Å². The van der Waals surface area contributed by atoms with Gasteiger partial charge >= 0.3 is 0 Å². The fraction of sp³-hybridized carbons (Fsp3) is 0.286. The summed E-state index contributed by atoms with van der Waals surface area (Å²) in [5.41, 5.74) is 3.94. The first-order chi connectivity index (χ1) is 12.3. The van der Waals surface area contributed by atoms with E-state index in [1.54, 1.807) is 6.07 Å². The highest BCUT2D eigenvalue weighted by Gasteiger charge is 2.36. The van der Waals surface area contributed by atoms with Crippen molar-refractivity contribution in [1.29, 1.82) is 0 Å². The number of ketones is 1. The first-order valence-corrected chi connectivity index (χ1v) is 8.58. The molecular formula is C21H22FN3O. The van der Waals surface area contributed by atoms with E-state index in [9.17, 15) is 9.18 Å². The van der Waals surface area contributed by atoms with Crippen LogP contribution in [-0.4, -0.2) is 36.4 Å². The van der Waals surface area contributed by atoms with E-state index in [0.29, 0.717) is 28.5 Å². The summed E-state index contributed by atoms with van der Waals surface area (Å²) in [5.74, 6) is -0.129. The van der Waals surface area contributed by atoms with Gasteiger partial charge in [-0.05, 0) is 18.4 Å². The third kappa shape index (κ3) is 2.94. The second-order valence-corrected chi connectivity index (χ2v) is 6.73. The van der Waals surface area contributed by atoms with Crippen LogP contribution in [0, 0.1) is 5.92 Å². The molecule has 1 aromatic carbocycles. The molecule has 2 aliphatic rings. The molecule has 0 spiro atoms. The van der Waals surface area contributed by atoms with Crippen molar-refractivity contribution in [1.82, 2.24) is 4.90 Å². The predicted molar refractivity (Wildman–Crippen MR) is 103 cm³/mol. The Labute approximate surface area is 153 Å². The van der Waals surface area contributed by atoms with E-state index in [2.05, 4.69) is 16.6 Å². The molecule has 0 saturated heterocycles. The standard InChI is InChI=1S/C21H22FN3O/c1-6-14(12(2)11-13(3)22)17-19-18(23-21(24-19)25(4)5)15-9-7-8-10-16(15)20(17)26/h6-10,12H,3,11H2,1-2,4-5H3/b14-6+. The van der Waals surface area contributed by atoms with Gasteiger partial charge in [-0.2, -0.15) is 0 Å². The molecule has 0 saturated carbocycles. The van der Waals surface area contributed by atoms with Crippen molar-refractivity contribution < 1.29 is 9.18 Å². The molecule has 1 unspecified atom stereocenters. The molecule has 5 heteroatoms. The van der Waals surface area contributed by atoms with Crippen LogP contribution < -0.4 is 0 Å². The molecule has 134 valence electrons. The Bertz CT molecular complexity index is 919. The first kappa shape index (κ1) is 18.0. The lowest BCUT2D eigenvalue weighted by Gasteiger charge is -2.24. The van der Waals surface area contributed by atoms with Gasteiger partial charge < -0.3 is 4.90 Å². The number of fused-ring (bicyclic) bond motifs is 3. The van der Waals surface area contributed by atoms with Crippen LogP contribution in [0.5, 0.6) is 0 Å². The Morgan fingerprint density at radius 3 is 2.50 bits per heavy atom. The highest BCUT2D eigenvalue weighted by atomic mass is 19.1. The number of nitrogens with zero attached hydrogens (tertiary/aromatic N) is 3. The van der Waals surface area contributed by atoms with Crippen molar-refractivity contribution >= 4 is 17.5 Å². The van der Waals surface area contributed by atoms with E-state index in [-0.39, 0.29) is 18.1 Å². The lowest BCUT2D eigenvalue weighted by molar-refractivity contribution is 0.103. The maximum Gasteiger partial charge on any atom is 0.226 e. The summed E-state index contributed by atoms with van der Waals surface area (Å²) in [6, 6.07) is 7.41. The van der Waals surface area contributed by atoms with Gasteiger partial charge in [-0.3, -0.25) is 4.79 Å². The summed E-state index contributed by atoms with van der Waals surface area (Å²) < 4.78 is 13.4. The minimum Gasteiger partial charge on any atom is -0.347 e. The smallest absolute Gasteiger partial charge is 0.226 e. The topological polar surface area (TPSA) is 45.0 Å². The highest BCUT2D eigenvalue weighted by Crippen LogP contribution is 2.37. The second-order valence-electron chi connectivity index (χ2n) is 6.73. The molecule has 0 aromatic heterocycles. The third-order valence-electron chi connectivity index (χ3n) is 4.60. The van der Waals surface area contributed by atoms with Gasteiger partial charge in [-0.15, -0.1) is 0 Å². The number of benzene rings is 1. The Balaban J connectivity index is 2.23. The molecule has 0 N–H and O–H groups in total. The molecule has 0 bridgehead atoms. The molecule has 1 aliphatic heterocycles. The normalized spacial score (nSPS) is 17.4. The lowest BCUT2D eigenvalue weighted by Crippen LogP contribution is -2.23. The van der Waals surface area contributed by atoms with E-state index in [1.165, 1.54) is 0 Å². The first-order valence-electron chi connectivity index (χ1n) is 8.58. The maximum atomic E-state index is 13.4. The van der Waals surface area contributed by atoms with Gasteiger partial charge in [0.2, 0.25) is 5.96 Å². The van der Waals surface area contributed by atoms with Gasteiger partial charge in [0.25, 0.3) is 0 Å². The number of hydrogen-bond acceptors (Lipinski definition) is 4. The Hall–Kier alpha value is -2.82. The quantitative estimate of drug-likeness (QED) is 0.811. The van der Waals surface area contributed by atoms with E-state index < -0.39 is 5.83 Å². The summed E-state index contributed by atoms with van der Waals surface area (Å²) in [6.07, 6.45) is 2.03. The number of halogens is 1. The van der Waals surface area contributed by atoms with Crippen LogP contribution in [0.2, 0.25) is 0 Å². The SMILES string of the molecule is C=C(F)CC(C)/C(=C\C)C1=C2N=C(N(C)C)N=C2c2ccccc2C1=O. The van der Waals surface area contributed by atoms with Crippen molar-refractivity contribution in [2.75, 3.05) is 14.1 Å². The van der Waals surface area contributed by atoms with Crippen LogP contribution >= 0.6 is 0 Å². The molecular weight excluding hydrogens is 329 g/mol. The molecule has 4 nitrogen and oxygen atoms in total. The van der Waals surface area contributed by atoms with Crippen molar-refractivity contribution in [3.05, 3.63) is 70.7 Å². The minimum absolute atomic E-state index is 0.0947. The zero-order chi connectivity index (χ0) is 19.0. The van der Waals surface area contributed by atoms with Crippen molar-refractivity contribution in [3.63, 3.8) is 0 Å². The molecule has 0 radical (unpaired) electrons. The van der Waals surface area contributed by atoms with Gasteiger partial charge in [-0.1, -0.05) is 43.8 Å². The molecule has 0 fully saturated rings. The van der Waals surface area contributed by atoms with Crippen LogP contribution in [0.1, 0.15) is 36.2 Å². The third-order valence-corrected chi connectivity index (χ3v) is 4.60. The highest BCUT2D eigenvalue weighted by molar-refractivity contribution is 6.33. The van der Waals surface area contributed by atoms with Crippen LogP contribution in [0.15, 0.2) is 69.6 Å². The molecule has 0 amide bonds. The molecule has 1 aliphatic carbocycles. The number of allylic oxidation sites excluding steroid dienone is 5. The number of carbonyl (C=O) groups is 1. The summed E-state index contributed by atoms with van der Waals surface area (Å²) >= 11 is 0. The van der Waals surface area contributed by atoms with Crippen molar-refractivity contribution in [2.45, 2.75) is 20.3 Å². The zero-order valence-electron chi connectivity index (χ0n) is 15.5. The van der Waals surface area contributed by atoms with Crippen molar-refractivity contribution in [2.24, 2.45) is 15.9 Å². The molecule has 1 aromatic rings. The fourth-order valence-corrected chi connectivity index (χ4v) is 3.41. The van der Waals surface area contributed by atoms with Gasteiger partial charge in [0.15, 0.2) is 5.78 Å². The van der Waals surface area contributed by atoms with Gasteiger partial charge in [0.05, 0.1) is 11.4 Å². The number of rotatable bonds is 4.